The molecule has 0 aromatic carbocycles. The van der Waals surface area contributed by atoms with Crippen molar-refractivity contribution < 1.29 is 0 Å². The number of hydrogen-bond acceptors (Lipinski definition) is 3. The summed E-state index contributed by atoms with van der Waals surface area (Å²) in [5, 5.41) is 4.38. The number of rotatable bonds is 1. The first-order valence-electron chi connectivity index (χ1n) is 5.89. The molecule has 0 saturated heterocycles. The molecule has 0 aliphatic heterocycles. The van der Waals surface area contributed by atoms with E-state index >= 15 is 0 Å². The van der Waals surface area contributed by atoms with Crippen LogP contribution in [0, 0.1) is 0 Å². The van der Waals surface area contributed by atoms with Gasteiger partial charge in [0.2, 0.25) is 0 Å². The van der Waals surface area contributed by atoms with E-state index in [9.17, 15) is 0 Å². The van der Waals surface area contributed by atoms with Gasteiger partial charge in [-0.2, -0.15) is 0 Å². The first-order chi connectivity index (χ1) is 8.82. The van der Waals surface area contributed by atoms with Crippen molar-refractivity contribution >= 4 is 22.7 Å². The molecule has 0 fully saturated rings. The molecule has 1 nitrogen and oxygen atoms in total. The molecule has 18 heavy (non-hydrogen) atoms. The lowest BCUT2D eigenvalue weighted by atomic mass is 9.78. The molecule has 3 heterocycles. The minimum atomic E-state index is -0.0775. The highest BCUT2D eigenvalue weighted by Gasteiger charge is 2.43. The van der Waals surface area contributed by atoms with Crippen LogP contribution in [0.25, 0.3) is 9.75 Å². The number of nitrogens with zero attached hydrogens (tertiary/aromatic N) is 1. The van der Waals surface area contributed by atoms with Crippen molar-refractivity contribution in [2.45, 2.75) is 12.3 Å². The molecule has 3 aromatic heterocycles. The van der Waals surface area contributed by atoms with Crippen LogP contribution in [-0.2, 0) is 5.41 Å². The number of pyridine rings is 1. The second-order valence-corrected chi connectivity index (χ2v) is 6.50. The van der Waals surface area contributed by atoms with Crippen molar-refractivity contribution in [2.75, 3.05) is 0 Å². The van der Waals surface area contributed by atoms with Gasteiger partial charge in [0.25, 0.3) is 0 Å². The van der Waals surface area contributed by atoms with Gasteiger partial charge in [0.05, 0.1) is 11.1 Å². The van der Waals surface area contributed by atoms with E-state index in [0.29, 0.717) is 0 Å². The fourth-order valence-electron chi connectivity index (χ4n) is 2.84. The van der Waals surface area contributed by atoms with E-state index in [1.54, 1.807) is 0 Å². The molecule has 0 N–H and O–H groups in total. The summed E-state index contributed by atoms with van der Waals surface area (Å²) < 4.78 is 0. The molecule has 0 saturated carbocycles. The van der Waals surface area contributed by atoms with Crippen molar-refractivity contribution in [3.05, 3.63) is 64.1 Å². The van der Waals surface area contributed by atoms with Crippen LogP contribution in [0.2, 0.25) is 0 Å². The minimum Gasteiger partial charge on any atom is -0.260 e. The summed E-state index contributed by atoms with van der Waals surface area (Å²) in [6, 6.07) is 10.7. The van der Waals surface area contributed by atoms with Crippen LogP contribution in [0.5, 0.6) is 0 Å². The Morgan fingerprint density at radius 1 is 0.944 bits per heavy atom. The Morgan fingerprint density at radius 2 is 1.61 bits per heavy atom. The second-order valence-electron chi connectivity index (χ2n) is 4.67. The predicted molar refractivity (Wildman–Crippen MR) is 77.4 cm³/mol. The highest BCUT2D eigenvalue weighted by molar-refractivity contribution is 7.21. The summed E-state index contributed by atoms with van der Waals surface area (Å²) >= 11 is 3.68. The summed E-state index contributed by atoms with van der Waals surface area (Å²) in [6.45, 7) is 2.29. The van der Waals surface area contributed by atoms with Crippen molar-refractivity contribution in [3.63, 3.8) is 0 Å². The van der Waals surface area contributed by atoms with E-state index in [1.807, 2.05) is 34.9 Å². The molecular formula is C15H11NS2. The number of hydrogen-bond donors (Lipinski definition) is 0. The van der Waals surface area contributed by atoms with Gasteiger partial charge in [-0.05, 0) is 53.1 Å². The molecule has 1 aliphatic rings. The van der Waals surface area contributed by atoms with E-state index in [4.69, 9.17) is 0 Å². The number of thiophene rings is 2. The van der Waals surface area contributed by atoms with Crippen LogP contribution < -0.4 is 0 Å². The molecular weight excluding hydrogens is 258 g/mol. The molecule has 0 atom stereocenters. The van der Waals surface area contributed by atoms with Gasteiger partial charge in [-0.1, -0.05) is 6.07 Å². The number of aromatic nitrogens is 1. The van der Waals surface area contributed by atoms with Crippen molar-refractivity contribution in [2.24, 2.45) is 0 Å². The average Bonchev–Trinajstić information content (AvgIpc) is 3.09. The molecule has 4 rings (SSSR count). The molecule has 0 unspecified atom stereocenters. The van der Waals surface area contributed by atoms with Crippen molar-refractivity contribution in [1.29, 1.82) is 0 Å². The third-order valence-electron chi connectivity index (χ3n) is 3.79. The summed E-state index contributed by atoms with van der Waals surface area (Å²) in [7, 11) is 0. The third-order valence-corrected chi connectivity index (χ3v) is 5.78. The van der Waals surface area contributed by atoms with Crippen LogP contribution >= 0.6 is 22.7 Å². The fourth-order valence-corrected chi connectivity index (χ4v) is 5.04. The largest absolute Gasteiger partial charge is 0.260 e. The van der Waals surface area contributed by atoms with Crippen LogP contribution in [0.3, 0.4) is 0 Å². The van der Waals surface area contributed by atoms with E-state index < -0.39 is 0 Å². The maximum absolute atomic E-state index is 4.60. The highest BCUT2D eigenvalue weighted by atomic mass is 32.1. The zero-order chi connectivity index (χ0) is 12.2. The number of fused-ring (bicyclic) bond motifs is 3. The molecule has 0 spiro atoms. The Bertz CT molecular complexity index is 669. The van der Waals surface area contributed by atoms with E-state index in [2.05, 4.69) is 46.9 Å². The van der Waals surface area contributed by atoms with Crippen LogP contribution in [0.1, 0.15) is 23.7 Å². The van der Waals surface area contributed by atoms with Crippen molar-refractivity contribution in [3.8, 4) is 9.75 Å². The molecule has 88 valence electrons. The Balaban J connectivity index is 2.08. The first-order valence-corrected chi connectivity index (χ1v) is 7.65. The lowest BCUT2D eigenvalue weighted by molar-refractivity contribution is 0.687. The molecule has 0 amide bonds. The zero-order valence-electron chi connectivity index (χ0n) is 9.88. The van der Waals surface area contributed by atoms with Gasteiger partial charge in [-0.25, -0.2) is 0 Å². The lowest BCUT2D eigenvalue weighted by Crippen LogP contribution is -2.22. The average molecular weight is 269 g/mol. The Morgan fingerprint density at radius 3 is 2.17 bits per heavy atom. The van der Waals surface area contributed by atoms with Gasteiger partial charge in [-0.3, -0.25) is 4.98 Å². The maximum atomic E-state index is 4.60. The summed E-state index contributed by atoms with van der Waals surface area (Å²) in [5.74, 6) is 0. The molecule has 0 bridgehead atoms. The van der Waals surface area contributed by atoms with E-state index in [1.165, 1.54) is 20.9 Å². The van der Waals surface area contributed by atoms with Crippen molar-refractivity contribution in [1.82, 2.24) is 4.98 Å². The maximum Gasteiger partial charge on any atom is 0.0625 e. The van der Waals surface area contributed by atoms with Crippen LogP contribution in [-0.4, -0.2) is 4.98 Å². The van der Waals surface area contributed by atoms with E-state index in [-0.39, 0.29) is 5.41 Å². The van der Waals surface area contributed by atoms with Gasteiger partial charge in [0.15, 0.2) is 0 Å². The summed E-state index contributed by atoms with van der Waals surface area (Å²) in [5.41, 5.74) is 3.88. The normalized spacial score (nSPS) is 15.4. The summed E-state index contributed by atoms with van der Waals surface area (Å²) in [6.07, 6.45) is 1.89. The first kappa shape index (κ1) is 10.5. The Labute approximate surface area is 114 Å². The predicted octanol–water partition coefficient (Wildman–Crippen LogP) is 4.54. The van der Waals surface area contributed by atoms with Gasteiger partial charge in [0, 0.05) is 16.0 Å². The monoisotopic (exact) mass is 269 g/mol. The van der Waals surface area contributed by atoms with E-state index in [0.717, 1.165) is 5.69 Å². The smallest absolute Gasteiger partial charge is 0.0625 e. The van der Waals surface area contributed by atoms with Crippen LogP contribution in [0.15, 0.2) is 47.3 Å². The minimum absolute atomic E-state index is 0.0775. The second kappa shape index (κ2) is 3.53. The standard InChI is InChI=1S/C15H11NS2/c1-15(12-4-2-3-7-16-12)10-5-8-17-13(10)14-11(15)6-9-18-14/h2-9H,1H3. The Kier molecular flexibility index (Phi) is 2.05. The highest BCUT2D eigenvalue weighted by Crippen LogP contribution is 2.55. The van der Waals surface area contributed by atoms with Gasteiger partial charge >= 0.3 is 0 Å². The summed E-state index contributed by atoms with van der Waals surface area (Å²) in [4.78, 5) is 7.45. The molecule has 1 aliphatic carbocycles. The molecule has 3 aromatic rings. The van der Waals surface area contributed by atoms with Gasteiger partial charge in [-0.15, -0.1) is 22.7 Å². The fraction of sp³-hybridized carbons (Fsp3) is 0.133. The van der Waals surface area contributed by atoms with Gasteiger partial charge < -0.3 is 0 Å². The molecule has 3 heteroatoms. The van der Waals surface area contributed by atoms with Gasteiger partial charge in [0.1, 0.15) is 0 Å². The third kappa shape index (κ3) is 1.13. The quantitative estimate of drug-likeness (QED) is 0.632. The van der Waals surface area contributed by atoms with Crippen LogP contribution in [0.4, 0.5) is 0 Å². The molecule has 0 radical (unpaired) electrons. The topological polar surface area (TPSA) is 12.9 Å². The SMILES string of the molecule is CC1(c2ccccn2)c2ccsc2-c2sccc21. The lowest BCUT2D eigenvalue weighted by Gasteiger charge is -2.25. The zero-order valence-corrected chi connectivity index (χ0v) is 11.5. The Hall–Kier alpha value is -1.45.